The van der Waals surface area contributed by atoms with Gasteiger partial charge in [0.05, 0.1) is 10.8 Å². The van der Waals surface area contributed by atoms with Crippen LogP contribution in [0.15, 0.2) is 29.2 Å². The monoisotopic (exact) mass is 225 g/mol. The van der Waals surface area contributed by atoms with E-state index in [1.54, 1.807) is 0 Å². The average molecular weight is 225 g/mol. The lowest BCUT2D eigenvalue weighted by Crippen LogP contribution is -2.30. The minimum Gasteiger partial charge on any atom is -0.314 e. The van der Waals surface area contributed by atoms with E-state index in [0.717, 1.165) is 11.4 Å². The van der Waals surface area contributed by atoms with Gasteiger partial charge in [-0.15, -0.1) is 0 Å². The molecule has 0 heterocycles. The van der Waals surface area contributed by atoms with Crippen molar-refractivity contribution < 1.29 is 4.21 Å². The Kier molecular flexibility index (Phi) is 4.99. The molecule has 3 heteroatoms. The van der Waals surface area contributed by atoms with Crippen molar-refractivity contribution in [2.24, 2.45) is 0 Å². The molecule has 1 aromatic carbocycles. The normalized spacial score (nSPS) is 14.9. The topological polar surface area (TPSA) is 29.1 Å². The summed E-state index contributed by atoms with van der Waals surface area (Å²) in [7, 11) is -0.886. The van der Waals surface area contributed by atoms with Crippen molar-refractivity contribution in [3.63, 3.8) is 0 Å². The van der Waals surface area contributed by atoms with Gasteiger partial charge in [-0.3, -0.25) is 4.21 Å². The van der Waals surface area contributed by atoms with Crippen LogP contribution in [0.4, 0.5) is 0 Å². The first kappa shape index (κ1) is 12.4. The van der Waals surface area contributed by atoms with Crippen molar-refractivity contribution >= 4 is 10.8 Å². The number of hydrogen-bond donors (Lipinski definition) is 1. The van der Waals surface area contributed by atoms with Gasteiger partial charge in [-0.2, -0.15) is 0 Å². The van der Waals surface area contributed by atoms with Crippen molar-refractivity contribution in [3.05, 3.63) is 29.8 Å². The summed E-state index contributed by atoms with van der Waals surface area (Å²) < 4.78 is 11.9. The first-order chi connectivity index (χ1) is 7.13. The minimum atomic E-state index is -0.886. The van der Waals surface area contributed by atoms with E-state index in [9.17, 15) is 4.21 Å². The molecule has 0 bridgehead atoms. The number of aryl methyl sites for hydroxylation is 1. The van der Waals surface area contributed by atoms with Crippen molar-refractivity contribution in [3.8, 4) is 0 Å². The molecule has 0 saturated heterocycles. The Balaban J connectivity index is 2.57. The Morgan fingerprint density at radius 1 is 1.33 bits per heavy atom. The van der Waals surface area contributed by atoms with E-state index in [-0.39, 0.29) is 0 Å². The summed E-state index contributed by atoms with van der Waals surface area (Å²) in [5, 5.41) is 3.26. The molecule has 1 N–H and O–H groups in total. The van der Waals surface area contributed by atoms with Crippen molar-refractivity contribution in [1.29, 1.82) is 0 Å². The second-order valence-electron chi connectivity index (χ2n) is 3.78. The smallest absolute Gasteiger partial charge is 0.0545 e. The maximum absolute atomic E-state index is 11.9. The average Bonchev–Trinajstić information content (AvgIpc) is 2.18. The van der Waals surface area contributed by atoms with Crippen molar-refractivity contribution in [1.82, 2.24) is 5.32 Å². The van der Waals surface area contributed by atoms with Gasteiger partial charge in [-0.25, -0.2) is 0 Å². The van der Waals surface area contributed by atoms with E-state index >= 15 is 0 Å². The number of nitrogens with one attached hydrogen (secondary N) is 1. The molecule has 0 spiro atoms. The molecule has 1 aromatic rings. The fraction of sp³-hybridized carbons (Fsp3) is 0.500. The highest BCUT2D eigenvalue weighted by Crippen LogP contribution is 2.09. The van der Waals surface area contributed by atoms with Crippen LogP contribution < -0.4 is 5.32 Å². The van der Waals surface area contributed by atoms with E-state index in [4.69, 9.17) is 0 Å². The predicted octanol–water partition coefficient (Wildman–Crippen LogP) is 2.10. The predicted molar refractivity (Wildman–Crippen MR) is 65.6 cm³/mol. The van der Waals surface area contributed by atoms with Crippen LogP contribution in [0.2, 0.25) is 0 Å². The molecule has 0 aliphatic rings. The zero-order valence-electron chi connectivity index (χ0n) is 9.62. The molecule has 0 aliphatic carbocycles. The lowest BCUT2D eigenvalue weighted by Gasteiger charge is -2.11. The summed E-state index contributed by atoms with van der Waals surface area (Å²) in [6.07, 6.45) is 0. The first-order valence-electron chi connectivity index (χ1n) is 5.32. The summed E-state index contributed by atoms with van der Waals surface area (Å²) in [6, 6.07) is 8.21. The van der Waals surface area contributed by atoms with Gasteiger partial charge in [-0.05, 0) is 32.5 Å². The molecule has 0 saturated carbocycles. The summed E-state index contributed by atoms with van der Waals surface area (Å²) in [4.78, 5) is 0.922. The van der Waals surface area contributed by atoms with Gasteiger partial charge in [0.25, 0.3) is 0 Å². The summed E-state index contributed by atoms with van der Waals surface area (Å²) in [5.41, 5.74) is 1.20. The van der Waals surface area contributed by atoms with Crippen LogP contribution in [-0.2, 0) is 10.8 Å². The molecule has 0 aromatic heterocycles. The zero-order chi connectivity index (χ0) is 11.3. The molecule has 0 aliphatic heterocycles. The summed E-state index contributed by atoms with van der Waals surface area (Å²) in [5.74, 6) is 0.677. The summed E-state index contributed by atoms with van der Waals surface area (Å²) in [6.45, 7) is 7.08. The highest BCUT2D eigenvalue weighted by molar-refractivity contribution is 7.85. The third-order valence-corrected chi connectivity index (χ3v) is 3.84. The second kappa shape index (κ2) is 6.03. The van der Waals surface area contributed by atoms with E-state index in [0.29, 0.717) is 11.8 Å². The Morgan fingerprint density at radius 2 is 1.93 bits per heavy atom. The van der Waals surface area contributed by atoms with Crippen LogP contribution in [0.5, 0.6) is 0 Å². The fourth-order valence-electron chi connectivity index (χ4n) is 1.42. The Hall–Kier alpha value is -0.670. The largest absolute Gasteiger partial charge is 0.314 e. The Bertz CT molecular complexity index is 321. The Labute approximate surface area is 94.5 Å². The van der Waals surface area contributed by atoms with Gasteiger partial charge < -0.3 is 5.32 Å². The van der Waals surface area contributed by atoms with E-state index in [1.807, 2.05) is 31.2 Å². The highest BCUT2D eigenvalue weighted by atomic mass is 32.2. The molecular weight excluding hydrogens is 206 g/mol. The molecule has 1 rings (SSSR count). The van der Waals surface area contributed by atoms with Crippen LogP contribution in [-0.4, -0.2) is 22.5 Å². The third-order valence-electron chi connectivity index (χ3n) is 2.24. The molecule has 15 heavy (non-hydrogen) atoms. The number of benzene rings is 1. The second-order valence-corrected chi connectivity index (χ2v) is 5.28. The highest BCUT2D eigenvalue weighted by Gasteiger charge is 2.08. The lowest BCUT2D eigenvalue weighted by molar-refractivity contribution is 0.607. The van der Waals surface area contributed by atoms with Gasteiger partial charge >= 0.3 is 0 Å². The minimum absolute atomic E-state index is 0.303. The maximum atomic E-state index is 11.9. The van der Waals surface area contributed by atoms with Gasteiger partial charge in [0.15, 0.2) is 0 Å². The molecule has 2 atom stereocenters. The molecule has 84 valence electrons. The molecule has 0 fully saturated rings. The molecule has 0 amide bonds. The van der Waals surface area contributed by atoms with E-state index in [1.165, 1.54) is 5.56 Å². The van der Waals surface area contributed by atoms with Gasteiger partial charge in [0, 0.05) is 16.7 Å². The maximum Gasteiger partial charge on any atom is 0.0545 e. The van der Waals surface area contributed by atoms with Gasteiger partial charge in [-0.1, -0.05) is 24.6 Å². The van der Waals surface area contributed by atoms with E-state index in [2.05, 4.69) is 19.2 Å². The van der Waals surface area contributed by atoms with Crippen LogP contribution in [0.1, 0.15) is 19.4 Å². The summed E-state index contributed by atoms with van der Waals surface area (Å²) >= 11 is 0. The van der Waals surface area contributed by atoms with Gasteiger partial charge in [0.1, 0.15) is 0 Å². The quantitative estimate of drug-likeness (QED) is 0.831. The molecular formula is C12H19NOS. The van der Waals surface area contributed by atoms with Crippen molar-refractivity contribution in [2.45, 2.75) is 31.7 Å². The fourth-order valence-corrected chi connectivity index (χ4v) is 2.62. The van der Waals surface area contributed by atoms with Crippen LogP contribution >= 0.6 is 0 Å². The third kappa shape index (κ3) is 4.14. The van der Waals surface area contributed by atoms with Crippen molar-refractivity contribution in [2.75, 3.05) is 12.3 Å². The van der Waals surface area contributed by atoms with Crippen LogP contribution in [0.3, 0.4) is 0 Å². The lowest BCUT2D eigenvalue weighted by atomic mass is 10.2. The number of rotatable bonds is 5. The SMILES string of the molecule is CCNC(C)CS(=O)c1ccc(C)cc1. The molecule has 2 unspecified atom stereocenters. The standard InChI is InChI=1S/C12H19NOS/c1-4-13-11(3)9-15(14)12-7-5-10(2)6-8-12/h5-8,11,13H,4,9H2,1-3H3. The number of hydrogen-bond acceptors (Lipinski definition) is 2. The van der Waals surface area contributed by atoms with Gasteiger partial charge in [0.2, 0.25) is 0 Å². The zero-order valence-corrected chi connectivity index (χ0v) is 10.4. The Morgan fingerprint density at radius 3 is 2.47 bits per heavy atom. The van der Waals surface area contributed by atoms with Crippen LogP contribution in [0.25, 0.3) is 0 Å². The van der Waals surface area contributed by atoms with E-state index < -0.39 is 10.8 Å². The first-order valence-corrected chi connectivity index (χ1v) is 6.63. The molecule has 2 nitrogen and oxygen atoms in total. The molecule has 0 radical (unpaired) electrons. The van der Waals surface area contributed by atoms with Crippen LogP contribution in [0, 0.1) is 6.92 Å².